The van der Waals surface area contributed by atoms with Crippen molar-refractivity contribution in [1.82, 2.24) is 4.72 Å². The topological polar surface area (TPSA) is 104 Å². The number of sulfonamides is 1. The van der Waals surface area contributed by atoms with E-state index in [9.17, 15) is 18.3 Å². The molecule has 0 heterocycles. The van der Waals surface area contributed by atoms with E-state index in [1.54, 1.807) is 6.07 Å². The summed E-state index contributed by atoms with van der Waals surface area (Å²) in [4.78, 5) is 10.6. The number of carboxylic acids is 1. The molecular formula is C13H18ClNO5S. The van der Waals surface area contributed by atoms with Crippen LogP contribution in [-0.4, -0.2) is 36.7 Å². The van der Waals surface area contributed by atoms with E-state index in [2.05, 4.69) is 4.72 Å². The lowest BCUT2D eigenvalue weighted by Gasteiger charge is -2.18. The third-order valence-electron chi connectivity index (χ3n) is 2.89. The van der Waals surface area contributed by atoms with Crippen molar-refractivity contribution < 1.29 is 23.4 Å². The number of rotatable bonds is 7. The summed E-state index contributed by atoms with van der Waals surface area (Å²) in [5.41, 5.74) is -1.38. The summed E-state index contributed by atoms with van der Waals surface area (Å²) in [7, 11) is -4.00. The molecular weight excluding hydrogens is 318 g/mol. The van der Waals surface area contributed by atoms with Crippen LogP contribution >= 0.6 is 11.6 Å². The van der Waals surface area contributed by atoms with Crippen molar-refractivity contribution >= 4 is 27.6 Å². The molecule has 21 heavy (non-hydrogen) atoms. The Kier molecular flexibility index (Phi) is 5.75. The molecule has 0 aliphatic carbocycles. The number of benzene rings is 1. The van der Waals surface area contributed by atoms with Crippen molar-refractivity contribution in [2.45, 2.75) is 37.2 Å². The maximum atomic E-state index is 12.2. The number of nitrogens with one attached hydrogen (secondary N) is 1. The molecule has 0 aliphatic heterocycles. The van der Waals surface area contributed by atoms with Crippen molar-refractivity contribution in [2.24, 2.45) is 0 Å². The lowest BCUT2D eigenvalue weighted by Crippen LogP contribution is -2.46. The zero-order valence-electron chi connectivity index (χ0n) is 11.8. The van der Waals surface area contributed by atoms with Gasteiger partial charge in [0, 0.05) is 0 Å². The molecule has 8 heteroatoms. The van der Waals surface area contributed by atoms with Gasteiger partial charge in [-0.05, 0) is 31.0 Å². The first kappa shape index (κ1) is 17.9. The lowest BCUT2D eigenvalue weighted by molar-refractivity contribution is -0.155. The monoisotopic (exact) mass is 335 g/mol. The zero-order valence-corrected chi connectivity index (χ0v) is 13.3. The van der Waals surface area contributed by atoms with E-state index in [0.29, 0.717) is 6.42 Å². The van der Waals surface area contributed by atoms with Gasteiger partial charge in [0.05, 0.1) is 11.6 Å². The Bertz CT molecular complexity index is 627. The Labute approximate surface area is 128 Å². The van der Waals surface area contributed by atoms with Crippen LogP contribution in [0, 0.1) is 0 Å². The Morgan fingerprint density at radius 2 is 2.05 bits per heavy atom. The van der Waals surface area contributed by atoms with E-state index in [1.807, 2.05) is 6.92 Å². The fraction of sp³-hybridized carbons (Fsp3) is 0.462. The van der Waals surface area contributed by atoms with Crippen molar-refractivity contribution in [3.05, 3.63) is 28.8 Å². The first-order chi connectivity index (χ1) is 9.60. The predicted molar refractivity (Wildman–Crippen MR) is 78.9 cm³/mol. The predicted octanol–water partition coefficient (Wildman–Crippen LogP) is 1.41. The Hall–Kier alpha value is -1.15. The molecule has 6 nitrogen and oxygen atoms in total. The third kappa shape index (κ3) is 4.67. The quantitative estimate of drug-likeness (QED) is 0.699. The molecule has 1 aromatic carbocycles. The minimum atomic E-state index is -4.00. The Balaban J connectivity index is 3.03. The van der Waals surface area contributed by atoms with E-state index >= 15 is 0 Å². The number of carbonyl (C=O) groups is 1. The number of halogens is 1. The fourth-order valence-electron chi connectivity index (χ4n) is 1.59. The van der Waals surface area contributed by atoms with Gasteiger partial charge in [-0.2, -0.15) is 0 Å². The first-order valence-corrected chi connectivity index (χ1v) is 8.20. The maximum absolute atomic E-state index is 12.2. The van der Waals surface area contributed by atoms with Crippen LogP contribution in [0.5, 0.6) is 0 Å². The molecule has 1 unspecified atom stereocenters. The number of aliphatic hydroxyl groups is 1. The van der Waals surface area contributed by atoms with Gasteiger partial charge in [0.25, 0.3) is 0 Å². The second-order valence-electron chi connectivity index (χ2n) is 4.92. The summed E-state index contributed by atoms with van der Waals surface area (Å²) >= 11 is 5.90. The van der Waals surface area contributed by atoms with Gasteiger partial charge in [0.15, 0.2) is 5.60 Å². The van der Waals surface area contributed by atoms with Crippen LogP contribution in [0.2, 0.25) is 5.02 Å². The summed E-state index contributed by atoms with van der Waals surface area (Å²) in [6.07, 6.45) is 1.55. The van der Waals surface area contributed by atoms with E-state index in [4.69, 9.17) is 16.7 Å². The molecule has 1 aromatic rings. The minimum Gasteiger partial charge on any atom is -0.479 e. The van der Waals surface area contributed by atoms with Crippen LogP contribution in [0.3, 0.4) is 0 Å². The maximum Gasteiger partial charge on any atom is 0.336 e. The smallest absolute Gasteiger partial charge is 0.336 e. The molecule has 0 spiro atoms. The molecule has 1 atom stereocenters. The Morgan fingerprint density at radius 1 is 1.43 bits per heavy atom. The molecule has 118 valence electrons. The highest BCUT2D eigenvalue weighted by Crippen LogP contribution is 2.23. The molecule has 0 aromatic heterocycles. The largest absolute Gasteiger partial charge is 0.479 e. The summed E-state index contributed by atoms with van der Waals surface area (Å²) in [5.74, 6) is -1.52. The summed E-state index contributed by atoms with van der Waals surface area (Å²) in [6, 6.07) is 4.67. The van der Waals surface area contributed by atoms with Gasteiger partial charge in [0.2, 0.25) is 10.0 Å². The summed E-state index contributed by atoms with van der Waals surface area (Å²) < 4.78 is 26.4. The van der Waals surface area contributed by atoms with Crippen LogP contribution in [-0.2, 0) is 21.2 Å². The van der Waals surface area contributed by atoms with E-state index in [0.717, 1.165) is 18.9 Å². The van der Waals surface area contributed by atoms with Gasteiger partial charge in [-0.1, -0.05) is 31.0 Å². The van der Waals surface area contributed by atoms with Gasteiger partial charge in [0.1, 0.15) is 4.90 Å². The van der Waals surface area contributed by atoms with Gasteiger partial charge < -0.3 is 10.2 Å². The third-order valence-corrected chi connectivity index (χ3v) is 4.77. The van der Waals surface area contributed by atoms with Crippen LogP contribution in [0.1, 0.15) is 25.8 Å². The highest BCUT2D eigenvalue weighted by Gasteiger charge is 2.32. The lowest BCUT2D eigenvalue weighted by atomic mass is 10.1. The van der Waals surface area contributed by atoms with Crippen LogP contribution in [0.15, 0.2) is 23.1 Å². The fourth-order valence-corrected chi connectivity index (χ4v) is 3.27. The molecule has 0 bridgehead atoms. The summed E-state index contributed by atoms with van der Waals surface area (Å²) in [5, 5.41) is 18.4. The molecule has 1 rings (SSSR count). The zero-order chi connectivity index (χ0) is 16.3. The molecule has 0 radical (unpaired) electrons. The Morgan fingerprint density at radius 3 is 2.57 bits per heavy atom. The normalized spacial score (nSPS) is 14.7. The van der Waals surface area contributed by atoms with E-state index in [-0.39, 0.29) is 9.92 Å². The van der Waals surface area contributed by atoms with Gasteiger partial charge in [-0.15, -0.1) is 0 Å². The highest BCUT2D eigenvalue weighted by atomic mass is 35.5. The van der Waals surface area contributed by atoms with Crippen molar-refractivity contribution in [1.29, 1.82) is 0 Å². The van der Waals surface area contributed by atoms with E-state index in [1.165, 1.54) is 12.1 Å². The average molecular weight is 336 g/mol. The molecule has 3 N–H and O–H groups in total. The summed E-state index contributed by atoms with van der Waals surface area (Å²) in [6.45, 7) is 2.32. The van der Waals surface area contributed by atoms with E-state index < -0.39 is 28.1 Å². The number of aliphatic carboxylic acids is 1. The number of hydrogen-bond donors (Lipinski definition) is 3. The second-order valence-corrected chi connectivity index (χ2v) is 7.06. The SMILES string of the molecule is CCCc1ccc(Cl)c(S(=O)(=O)NCC(C)(O)C(=O)O)c1. The van der Waals surface area contributed by atoms with Crippen molar-refractivity contribution in [3.63, 3.8) is 0 Å². The van der Waals surface area contributed by atoms with Crippen molar-refractivity contribution in [3.8, 4) is 0 Å². The minimum absolute atomic E-state index is 0.0392. The van der Waals surface area contributed by atoms with Crippen LogP contribution < -0.4 is 4.72 Å². The highest BCUT2D eigenvalue weighted by molar-refractivity contribution is 7.89. The molecule has 0 aliphatic rings. The number of hydrogen-bond acceptors (Lipinski definition) is 4. The molecule has 0 fully saturated rings. The molecule has 0 saturated carbocycles. The number of aryl methyl sites for hydroxylation is 1. The van der Waals surface area contributed by atoms with Gasteiger partial charge in [-0.3, -0.25) is 0 Å². The molecule has 0 saturated heterocycles. The van der Waals surface area contributed by atoms with Gasteiger partial charge >= 0.3 is 5.97 Å². The van der Waals surface area contributed by atoms with Crippen LogP contribution in [0.4, 0.5) is 0 Å². The van der Waals surface area contributed by atoms with Crippen molar-refractivity contribution in [2.75, 3.05) is 6.54 Å². The van der Waals surface area contributed by atoms with Crippen LogP contribution in [0.25, 0.3) is 0 Å². The first-order valence-electron chi connectivity index (χ1n) is 6.34. The van der Waals surface area contributed by atoms with Gasteiger partial charge in [-0.25, -0.2) is 17.9 Å². The standard InChI is InChI=1S/C13H18ClNO5S/c1-3-4-9-5-6-10(14)11(7-9)21(19,20)15-8-13(2,18)12(16)17/h5-7,15,18H,3-4,8H2,1-2H3,(H,16,17). The average Bonchev–Trinajstić information content (AvgIpc) is 2.39. The second kappa shape index (κ2) is 6.74. The number of carboxylic acid groups (broad SMARTS) is 1. The molecule has 0 amide bonds.